The van der Waals surface area contributed by atoms with Crippen LogP contribution < -0.4 is 0 Å². The van der Waals surface area contributed by atoms with Crippen LogP contribution in [0.5, 0.6) is 0 Å². The summed E-state index contributed by atoms with van der Waals surface area (Å²) in [4.78, 5) is 0. The molecule has 0 saturated heterocycles. The average molecular weight is 130 g/mol. The Morgan fingerprint density at radius 2 is 1.22 bits per heavy atom. The van der Waals surface area contributed by atoms with Crippen LogP contribution in [-0.4, -0.2) is 22.4 Å². The van der Waals surface area contributed by atoms with Crippen molar-refractivity contribution in [2.24, 2.45) is 0 Å². The molecule has 0 bridgehead atoms. The van der Waals surface area contributed by atoms with Crippen molar-refractivity contribution in [3.63, 3.8) is 0 Å². The van der Waals surface area contributed by atoms with Crippen molar-refractivity contribution in [3.05, 3.63) is 0 Å². The summed E-state index contributed by atoms with van der Waals surface area (Å²) < 4.78 is 0. The minimum Gasteiger partial charge on any atom is -0.393 e. The van der Waals surface area contributed by atoms with E-state index in [1.807, 2.05) is 0 Å². The first-order chi connectivity index (χ1) is 4.29. The first-order valence-corrected chi connectivity index (χ1v) is 3.65. The van der Waals surface area contributed by atoms with Gasteiger partial charge < -0.3 is 10.2 Å². The molecule has 54 valence electrons. The highest BCUT2D eigenvalue weighted by atomic mass is 16.3. The summed E-state index contributed by atoms with van der Waals surface area (Å²) in [6.07, 6.45) is 3.97. The number of rotatable bonds is 0. The topological polar surface area (TPSA) is 40.5 Å². The number of aliphatic hydroxyl groups is 2. The SMILES string of the molecule is O[C@@H]1CCC[C@H](O)CC1. The summed E-state index contributed by atoms with van der Waals surface area (Å²) in [5.74, 6) is 0. The van der Waals surface area contributed by atoms with Crippen LogP contribution in [0.3, 0.4) is 0 Å². The summed E-state index contributed by atoms with van der Waals surface area (Å²) in [7, 11) is 0. The summed E-state index contributed by atoms with van der Waals surface area (Å²) in [5, 5.41) is 18.2. The Hall–Kier alpha value is -0.0800. The van der Waals surface area contributed by atoms with Crippen LogP contribution in [0.25, 0.3) is 0 Å². The third kappa shape index (κ3) is 2.33. The van der Waals surface area contributed by atoms with Crippen molar-refractivity contribution >= 4 is 0 Å². The van der Waals surface area contributed by atoms with E-state index in [2.05, 4.69) is 0 Å². The smallest absolute Gasteiger partial charge is 0.0541 e. The van der Waals surface area contributed by atoms with E-state index in [1.54, 1.807) is 0 Å². The van der Waals surface area contributed by atoms with Gasteiger partial charge in [-0.05, 0) is 32.1 Å². The van der Waals surface area contributed by atoms with Crippen molar-refractivity contribution in [1.29, 1.82) is 0 Å². The highest BCUT2D eigenvalue weighted by molar-refractivity contribution is 4.67. The summed E-state index contributed by atoms with van der Waals surface area (Å²) in [6, 6.07) is 0. The molecule has 2 atom stereocenters. The molecule has 0 aromatic heterocycles. The quantitative estimate of drug-likeness (QED) is 0.473. The molecule has 2 heteroatoms. The van der Waals surface area contributed by atoms with Gasteiger partial charge >= 0.3 is 0 Å². The lowest BCUT2D eigenvalue weighted by atomic mass is 10.1. The average Bonchev–Trinajstić information content (AvgIpc) is 1.97. The Labute approximate surface area is 55.5 Å². The minimum atomic E-state index is -0.151. The van der Waals surface area contributed by atoms with Gasteiger partial charge in [0.25, 0.3) is 0 Å². The number of hydrogen-bond acceptors (Lipinski definition) is 2. The molecule has 0 unspecified atom stereocenters. The van der Waals surface area contributed by atoms with Gasteiger partial charge in [0.15, 0.2) is 0 Å². The van der Waals surface area contributed by atoms with E-state index >= 15 is 0 Å². The lowest BCUT2D eigenvalue weighted by molar-refractivity contribution is 0.133. The van der Waals surface area contributed by atoms with E-state index in [4.69, 9.17) is 10.2 Å². The molecule has 0 aromatic carbocycles. The Kier molecular flexibility index (Phi) is 2.49. The van der Waals surface area contributed by atoms with E-state index in [1.165, 1.54) is 0 Å². The van der Waals surface area contributed by atoms with Gasteiger partial charge in [-0.25, -0.2) is 0 Å². The van der Waals surface area contributed by atoms with Gasteiger partial charge in [-0.2, -0.15) is 0 Å². The normalized spacial score (nSPS) is 38.0. The van der Waals surface area contributed by atoms with Crippen molar-refractivity contribution < 1.29 is 10.2 Å². The van der Waals surface area contributed by atoms with Gasteiger partial charge in [0, 0.05) is 0 Å². The van der Waals surface area contributed by atoms with E-state index in [9.17, 15) is 0 Å². The lowest BCUT2D eigenvalue weighted by Gasteiger charge is -2.04. The Morgan fingerprint density at radius 3 is 1.67 bits per heavy atom. The van der Waals surface area contributed by atoms with E-state index in [-0.39, 0.29) is 12.2 Å². The lowest BCUT2D eigenvalue weighted by Crippen LogP contribution is -2.06. The molecule has 1 fully saturated rings. The first-order valence-electron chi connectivity index (χ1n) is 3.65. The van der Waals surface area contributed by atoms with Crippen LogP contribution in [0.1, 0.15) is 32.1 Å². The van der Waals surface area contributed by atoms with Crippen LogP contribution in [0.2, 0.25) is 0 Å². The minimum absolute atomic E-state index is 0.151. The monoisotopic (exact) mass is 130 g/mol. The molecule has 1 rings (SSSR count). The predicted octanol–water partition coefficient (Wildman–Crippen LogP) is 0.672. The molecule has 1 saturated carbocycles. The first kappa shape index (κ1) is 7.03. The third-order valence-electron chi connectivity index (χ3n) is 1.91. The maximum atomic E-state index is 9.10. The molecule has 0 radical (unpaired) electrons. The third-order valence-corrected chi connectivity index (χ3v) is 1.91. The van der Waals surface area contributed by atoms with Crippen molar-refractivity contribution in [1.82, 2.24) is 0 Å². The zero-order valence-corrected chi connectivity index (χ0v) is 5.58. The largest absolute Gasteiger partial charge is 0.393 e. The van der Waals surface area contributed by atoms with Crippen LogP contribution in [0.4, 0.5) is 0 Å². The summed E-state index contributed by atoms with van der Waals surface area (Å²) in [6.45, 7) is 0. The molecule has 0 aromatic rings. The van der Waals surface area contributed by atoms with Crippen LogP contribution in [-0.2, 0) is 0 Å². The Morgan fingerprint density at radius 1 is 0.778 bits per heavy atom. The highest BCUT2D eigenvalue weighted by Crippen LogP contribution is 2.17. The standard InChI is InChI=1S/C7H14O2/c8-6-2-1-3-7(9)5-4-6/h6-9H,1-5H2/t6-,7+. The molecule has 0 heterocycles. The highest BCUT2D eigenvalue weighted by Gasteiger charge is 2.13. The Balaban J connectivity index is 2.25. The molecule has 2 nitrogen and oxygen atoms in total. The Bertz CT molecular complexity index is 73.0. The molecule has 9 heavy (non-hydrogen) atoms. The second-order valence-corrected chi connectivity index (χ2v) is 2.82. The van der Waals surface area contributed by atoms with Gasteiger partial charge in [-0.15, -0.1) is 0 Å². The summed E-state index contributed by atoms with van der Waals surface area (Å²) >= 11 is 0. The molecule has 1 aliphatic carbocycles. The van der Waals surface area contributed by atoms with Gasteiger partial charge in [0.05, 0.1) is 12.2 Å². The molecule has 0 amide bonds. The van der Waals surface area contributed by atoms with E-state index in [0.717, 1.165) is 32.1 Å². The summed E-state index contributed by atoms with van der Waals surface area (Å²) in [5.41, 5.74) is 0. The fourth-order valence-corrected chi connectivity index (χ4v) is 1.26. The van der Waals surface area contributed by atoms with E-state index in [0.29, 0.717) is 0 Å². The van der Waals surface area contributed by atoms with Crippen molar-refractivity contribution in [3.8, 4) is 0 Å². The second-order valence-electron chi connectivity index (χ2n) is 2.82. The molecular weight excluding hydrogens is 116 g/mol. The van der Waals surface area contributed by atoms with Crippen LogP contribution in [0, 0.1) is 0 Å². The molecule has 0 aliphatic heterocycles. The number of aliphatic hydroxyl groups excluding tert-OH is 2. The van der Waals surface area contributed by atoms with Gasteiger partial charge in [-0.3, -0.25) is 0 Å². The fourth-order valence-electron chi connectivity index (χ4n) is 1.26. The second kappa shape index (κ2) is 3.18. The maximum Gasteiger partial charge on any atom is 0.0541 e. The van der Waals surface area contributed by atoms with Crippen LogP contribution in [0.15, 0.2) is 0 Å². The van der Waals surface area contributed by atoms with Gasteiger partial charge in [0.2, 0.25) is 0 Å². The van der Waals surface area contributed by atoms with Crippen molar-refractivity contribution in [2.75, 3.05) is 0 Å². The number of hydrogen-bond donors (Lipinski definition) is 2. The van der Waals surface area contributed by atoms with Gasteiger partial charge in [-0.1, -0.05) is 0 Å². The zero-order valence-electron chi connectivity index (χ0n) is 5.58. The maximum absolute atomic E-state index is 9.10. The van der Waals surface area contributed by atoms with Crippen LogP contribution >= 0.6 is 0 Å². The predicted molar refractivity (Wildman–Crippen MR) is 35.1 cm³/mol. The molecule has 2 N–H and O–H groups in total. The van der Waals surface area contributed by atoms with Gasteiger partial charge in [0.1, 0.15) is 0 Å². The van der Waals surface area contributed by atoms with Crippen molar-refractivity contribution in [2.45, 2.75) is 44.3 Å². The molecule has 0 spiro atoms. The molecular formula is C7H14O2. The molecule has 1 aliphatic rings. The van der Waals surface area contributed by atoms with E-state index < -0.39 is 0 Å². The fraction of sp³-hybridized carbons (Fsp3) is 1.00. The zero-order chi connectivity index (χ0) is 6.69.